The Morgan fingerprint density at radius 3 is 2.64 bits per heavy atom. The molecule has 0 aromatic heterocycles. The molecule has 2 N–H and O–H groups in total. The van der Waals surface area contributed by atoms with Crippen LogP contribution in [-0.2, 0) is 9.53 Å². The minimum Gasteiger partial charge on any atom is -0.433 e. The molecule has 0 atom stereocenters. The number of alkyl halides is 2. The van der Waals surface area contributed by atoms with Gasteiger partial charge in [0, 0.05) is 12.8 Å². The molecule has 1 aromatic rings. The zero-order valence-corrected chi connectivity index (χ0v) is 12.8. The van der Waals surface area contributed by atoms with E-state index in [9.17, 15) is 13.6 Å². The lowest BCUT2D eigenvalue weighted by Gasteiger charge is -2.34. The maximum atomic E-state index is 12.4. The number of carbonyl (C=O) groups excluding carboxylic acids is 1. The average Bonchev–Trinajstić information content (AvgIpc) is 2.50. The Morgan fingerprint density at radius 2 is 2.09 bits per heavy atom. The van der Waals surface area contributed by atoms with E-state index < -0.39 is 12.2 Å². The first kappa shape index (κ1) is 16.9. The Balaban J connectivity index is 2.09. The van der Waals surface area contributed by atoms with E-state index in [0.717, 1.165) is 0 Å². The zero-order chi connectivity index (χ0) is 16.2. The Kier molecular flexibility index (Phi) is 5.55. The molecule has 1 aliphatic heterocycles. The fraction of sp³-hybridized carbons (Fsp3) is 0.500. The molecular weight excluding hydrogens is 318 g/mol. The fourth-order valence-corrected chi connectivity index (χ4v) is 2.59. The largest absolute Gasteiger partial charge is 0.433 e. The number of halogens is 3. The summed E-state index contributed by atoms with van der Waals surface area (Å²) in [5, 5.41) is 5.86. The van der Waals surface area contributed by atoms with Gasteiger partial charge in [-0.05, 0) is 44.1 Å². The number of benzene rings is 1. The minimum atomic E-state index is -2.95. The lowest BCUT2D eigenvalue weighted by atomic mass is 9.91. The third-order valence-corrected chi connectivity index (χ3v) is 3.92. The van der Waals surface area contributed by atoms with E-state index in [4.69, 9.17) is 16.3 Å². The predicted molar refractivity (Wildman–Crippen MR) is 78.6 cm³/mol. The van der Waals surface area contributed by atoms with Gasteiger partial charge in [-0.3, -0.25) is 4.79 Å². The summed E-state index contributed by atoms with van der Waals surface area (Å²) in [6.45, 7) is -1.59. The van der Waals surface area contributed by atoms with Crippen molar-refractivity contribution < 1.29 is 23.0 Å². The first-order valence-electron chi connectivity index (χ1n) is 6.78. The number of rotatable bonds is 5. The van der Waals surface area contributed by atoms with Crippen molar-refractivity contribution in [1.29, 1.82) is 0 Å². The van der Waals surface area contributed by atoms with Gasteiger partial charge >= 0.3 is 6.61 Å². The van der Waals surface area contributed by atoms with Crippen LogP contribution in [0.1, 0.15) is 12.8 Å². The average molecular weight is 335 g/mol. The normalized spacial score (nSPS) is 17.3. The molecule has 8 heteroatoms. The van der Waals surface area contributed by atoms with Gasteiger partial charge in [-0.15, -0.1) is 0 Å². The topological polar surface area (TPSA) is 59.6 Å². The van der Waals surface area contributed by atoms with Crippen LogP contribution in [0.2, 0.25) is 5.02 Å². The molecule has 0 saturated carbocycles. The Labute approximate surface area is 131 Å². The summed E-state index contributed by atoms with van der Waals surface area (Å²) in [6, 6.07) is 4.10. The molecule has 1 amide bonds. The molecule has 0 spiro atoms. The van der Waals surface area contributed by atoms with Crippen molar-refractivity contribution in [3.8, 4) is 5.75 Å². The number of piperidine rings is 1. The quantitative estimate of drug-likeness (QED) is 0.869. The standard InChI is InChI=1S/C14H17ClF2N2O3/c1-21-14(4-6-18-7-5-14)12(20)19-9-2-3-11(10(15)8-9)22-13(16)17/h2-3,8,13,18H,4-7H2,1H3,(H,19,20). The minimum absolute atomic E-state index is 0.00474. The van der Waals surface area contributed by atoms with Crippen LogP contribution < -0.4 is 15.4 Å². The fourth-order valence-electron chi connectivity index (χ4n) is 2.37. The van der Waals surface area contributed by atoms with Crippen molar-refractivity contribution in [2.45, 2.75) is 25.1 Å². The molecule has 1 aromatic carbocycles. The van der Waals surface area contributed by atoms with Gasteiger partial charge < -0.3 is 20.1 Å². The molecule has 5 nitrogen and oxygen atoms in total. The molecule has 0 radical (unpaired) electrons. The summed E-state index contributed by atoms with van der Waals surface area (Å²) < 4.78 is 34.0. The van der Waals surface area contributed by atoms with E-state index in [0.29, 0.717) is 31.6 Å². The van der Waals surface area contributed by atoms with Crippen LogP contribution >= 0.6 is 11.6 Å². The number of hydrogen-bond acceptors (Lipinski definition) is 4. The maximum Gasteiger partial charge on any atom is 0.387 e. The summed E-state index contributed by atoms with van der Waals surface area (Å²) in [6.07, 6.45) is 1.10. The number of methoxy groups -OCH3 is 1. The van der Waals surface area contributed by atoms with Gasteiger partial charge in [0.25, 0.3) is 5.91 Å². The summed E-state index contributed by atoms with van der Waals surface area (Å²) in [5.74, 6) is -0.423. The monoisotopic (exact) mass is 334 g/mol. The van der Waals surface area contributed by atoms with E-state index in [2.05, 4.69) is 15.4 Å². The van der Waals surface area contributed by atoms with E-state index >= 15 is 0 Å². The number of hydrogen-bond donors (Lipinski definition) is 2. The smallest absolute Gasteiger partial charge is 0.387 e. The van der Waals surface area contributed by atoms with Gasteiger partial charge in [-0.2, -0.15) is 8.78 Å². The van der Waals surface area contributed by atoms with Crippen LogP contribution in [0.3, 0.4) is 0 Å². The van der Waals surface area contributed by atoms with Crippen molar-refractivity contribution in [3.05, 3.63) is 23.2 Å². The number of anilines is 1. The highest BCUT2D eigenvalue weighted by Crippen LogP contribution is 2.30. The Morgan fingerprint density at radius 1 is 1.41 bits per heavy atom. The molecule has 0 bridgehead atoms. The van der Waals surface area contributed by atoms with Crippen molar-refractivity contribution in [3.63, 3.8) is 0 Å². The Bertz CT molecular complexity index is 537. The number of ether oxygens (including phenoxy) is 2. The second-order valence-electron chi connectivity index (χ2n) is 4.93. The molecule has 0 unspecified atom stereocenters. The van der Waals surface area contributed by atoms with Crippen LogP contribution in [0.5, 0.6) is 5.75 Å². The molecule has 22 heavy (non-hydrogen) atoms. The first-order chi connectivity index (χ1) is 10.5. The van der Waals surface area contributed by atoms with Gasteiger partial charge in [-0.25, -0.2) is 0 Å². The van der Waals surface area contributed by atoms with Crippen LogP contribution in [0.15, 0.2) is 18.2 Å². The maximum absolute atomic E-state index is 12.4. The van der Waals surface area contributed by atoms with E-state index in [1.807, 2.05) is 0 Å². The molecular formula is C14H17ClF2N2O3. The van der Waals surface area contributed by atoms with Gasteiger partial charge in [0.1, 0.15) is 11.4 Å². The number of nitrogens with one attached hydrogen (secondary N) is 2. The van der Waals surface area contributed by atoms with Crippen molar-refractivity contribution >= 4 is 23.2 Å². The van der Waals surface area contributed by atoms with E-state index in [-0.39, 0.29) is 16.7 Å². The lowest BCUT2D eigenvalue weighted by Crippen LogP contribution is -2.51. The highest BCUT2D eigenvalue weighted by Gasteiger charge is 2.39. The highest BCUT2D eigenvalue weighted by atomic mass is 35.5. The zero-order valence-electron chi connectivity index (χ0n) is 12.0. The molecule has 1 aliphatic rings. The third kappa shape index (κ3) is 3.85. The summed E-state index contributed by atoms with van der Waals surface area (Å²) in [4.78, 5) is 12.4. The van der Waals surface area contributed by atoms with Gasteiger partial charge in [0.2, 0.25) is 0 Å². The summed E-state index contributed by atoms with van der Waals surface area (Å²) in [5.41, 5.74) is -0.498. The second-order valence-corrected chi connectivity index (χ2v) is 5.33. The first-order valence-corrected chi connectivity index (χ1v) is 7.16. The number of carbonyl (C=O) groups is 1. The molecule has 1 fully saturated rings. The van der Waals surface area contributed by atoms with Crippen LogP contribution in [0.4, 0.5) is 14.5 Å². The van der Waals surface area contributed by atoms with Crippen LogP contribution in [0, 0.1) is 0 Å². The van der Waals surface area contributed by atoms with Gasteiger partial charge in [0.05, 0.1) is 5.02 Å². The van der Waals surface area contributed by atoms with Crippen LogP contribution in [-0.4, -0.2) is 38.3 Å². The molecule has 122 valence electrons. The number of amides is 1. The van der Waals surface area contributed by atoms with E-state index in [1.54, 1.807) is 0 Å². The third-order valence-electron chi connectivity index (χ3n) is 3.62. The van der Waals surface area contributed by atoms with Crippen LogP contribution in [0.25, 0.3) is 0 Å². The molecule has 1 heterocycles. The van der Waals surface area contributed by atoms with Gasteiger partial charge in [0.15, 0.2) is 0 Å². The molecule has 1 saturated heterocycles. The van der Waals surface area contributed by atoms with Crippen molar-refractivity contribution in [1.82, 2.24) is 5.32 Å². The highest BCUT2D eigenvalue weighted by molar-refractivity contribution is 6.32. The van der Waals surface area contributed by atoms with Crippen molar-refractivity contribution in [2.75, 3.05) is 25.5 Å². The Hall–Kier alpha value is -1.44. The molecule has 0 aliphatic carbocycles. The second kappa shape index (κ2) is 7.21. The van der Waals surface area contributed by atoms with E-state index in [1.165, 1.54) is 25.3 Å². The summed E-state index contributed by atoms with van der Waals surface area (Å²) in [7, 11) is 1.50. The van der Waals surface area contributed by atoms with Crippen molar-refractivity contribution in [2.24, 2.45) is 0 Å². The lowest BCUT2D eigenvalue weighted by molar-refractivity contribution is -0.140. The molecule has 2 rings (SSSR count). The predicted octanol–water partition coefficient (Wildman–Crippen LogP) is 2.65. The van der Waals surface area contributed by atoms with Gasteiger partial charge in [-0.1, -0.05) is 11.6 Å². The summed E-state index contributed by atoms with van der Waals surface area (Å²) >= 11 is 5.86. The SMILES string of the molecule is COC1(C(=O)Nc2ccc(OC(F)F)c(Cl)c2)CCNCC1.